The van der Waals surface area contributed by atoms with Crippen molar-refractivity contribution in [2.45, 2.75) is 20.3 Å². The van der Waals surface area contributed by atoms with E-state index in [-0.39, 0.29) is 0 Å². The first-order valence-corrected chi connectivity index (χ1v) is 5.81. The zero-order valence-electron chi connectivity index (χ0n) is 9.07. The number of aromatic amines is 1. The molecule has 0 saturated carbocycles. The molecule has 2 aromatic heterocycles. The van der Waals surface area contributed by atoms with Gasteiger partial charge in [-0.15, -0.1) is 11.3 Å². The van der Waals surface area contributed by atoms with Crippen molar-refractivity contribution in [1.29, 1.82) is 0 Å². The molecule has 0 aromatic carbocycles. The van der Waals surface area contributed by atoms with Crippen LogP contribution in [0.1, 0.15) is 27.2 Å². The quantitative estimate of drug-likeness (QED) is 0.861. The highest BCUT2D eigenvalue weighted by Gasteiger charge is 2.15. The van der Waals surface area contributed by atoms with Gasteiger partial charge in [0.1, 0.15) is 4.88 Å². The van der Waals surface area contributed by atoms with Gasteiger partial charge in [-0.1, -0.05) is 6.92 Å². The molecule has 5 heteroatoms. The summed E-state index contributed by atoms with van der Waals surface area (Å²) in [6, 6.07) is 1.71. The van der Waals surface area contributed by atoms with E-state index in [1.54, 1.807) is 12.3 Å². The van der Waals surface area contributed by atoms with Gasteiger partial charge in [0.05, 0.1) is 6.20 Å². The Bertz CT molecular complexity index is 528. The molecule has 0 aliphatic carbocycles. The number of carboxylic acid groups (broad SMARTS) is 1. The van der Waals surface area contributed by atoms with E-state index in [9.17, 15) is 4.79 Å². The van der Waals surface area contributed by atoms with Crippen molar-refractivity contribution in [1.82, 2.24) is 10.2 Å². The molecule has 0 fully saturated rings. The number of rotatable bonds is 3. The number of aromatic carboxylic acids is 1. The van der Waals surface area contributed by atoms with Gasteiger partial charge >= 0.3 is 5.97 Å². The summed E-state index contributed by atoms with van der Waals surface area (Å²) in [5, 5.41) is 15.9. The molecule has 0 bridgehead atoms. The van der Waals surface area contributed by atoms with Crippen LogP contribution in [-0.4, -0.2) is 21.3 Å². The molecular weight excluding hydrogens is 224 g/mol. The average molecular weight is 236 g/mol. The van der Waals surface area contributed by atoms with Crippen molar-refractivity contribution < 1.29 is 9.90 Å². The molecule has 0 saturated heterocycles. The molecule has 0 spiro atoms. The van der Waals surface area contributed by atoms with E-state index in [1.807, 2.05) is 13.8 Å². The lowest BCUT2D eigenvalue weighted by Gasteiger charge is -1.98. The van der Waals surface area contributed by atoms with Crippen LogP contribution < -0.4 is 0 Å². The molecule has 0 atom stereocenters. The summed E-state index contributed by atoms with van der Waals surface area (Å²) in [6.45, 7) is 3.97. The first-order valence-electron chi connectivity index (χ1n) is 4.99. The zero-order valence-corrected chi connectivity index (χ0v) is 9.89. The van der Waals surface area contributed by atoms with E-state index >= 15 is 0 Å². The number of aryl methyl sites for hydroxylation is 2. The summed E-state index contributed by atoms with van der Waals surface area (Å²) >= 11 is 1.30. The molecule has 4 nitrogen and oxygen atoms in total. The third-order valence-electron chi connectivity index (χ3n) is 2.49. The monoisotopic (exact) mass is 236 g/mol. The molecule has 2 N–H and O–H groups in total. The molecule has 2 rings (SSSR count). The number of hydrogen-bond acceptors (Lipinski definition) is 3. The molecule has 0 unspecified atom stereocenters. The highest BCUT2D eigenvalue weighted by Crippen LogP contribution is 2.32. The Hall–Kier alpha value is -1.62. The SMILES string of the molecule is CCc1[nH]ncc1-c1cc(C(=O)O)sc1C. The van der Waals surface area contributed by atoms with E-state index in [2.05, 4.69) is 10.2 Å². The van der Waals surface area contributed by atoms with Crippen LogP contribution in [0.2, 0.25) is 0 Å². The topological polar surface area (TPSA) is 66.0 Å². The molecule has 0 amide bonds. The van der Waals surface area contributed by atoms with Gasteiger partial charge < -0.3 is 5.11 Å². The third-order valence-corrected chi connectivity index (χ3v) is 3.53. The summed E-state index contributed by atoms with van der Waals surface area (Å²) < 4.78 is 0. The number of H-pyrrole nitrogens is 1. The predicted molar refractivity (Wildman–Crippen MR) is 63.0 cm³/mol. The fourth-order valence-corrected chi connectivity index (χ4v) is 2.54. The molecule has 2 heterocycles. The van der Waals surface area contributed by atoms with Crippen LogP contribution in [-0.2, 0) is 6.42 Å². The number of hydrogen-bond donors (Lipinski definition) is 2. The van der Waals surface area contributed by atoms with Crippen LogP contribution in [0.5, 0.6) is 0 Å². The minimum Gasteiger partial charge on any atom is -0.477 e. The molecular formula is C11H12N2O2S. The lowest BCUT2D eigenvalue weighted by Crippen LogP contribution is -1.90. The Balaban J connectivity index is 2.52. The van der Waals surface area contributed by atoms with Gasteiger partial charge in [0.25, 0.3) is 0 Å². The Kier molecular flexibility index (Phi) is 2.78. The highest BCUT2D eigenvalue weighted by molar-refractivity contribution is 7.14. The summed E-state index contributed by atoms with van der Waals surface area (Å²) in [4.78, 5) is 12.3. The first-order chi connectivity index (χ1) is 7.63. The minimum absolute atomic E-state index is 0.371. The lowest BCUT2D eigenvalue weighted by atomic mass is 10.1. The maximum atomic E-state index is 10.9. The van der Waals surface area contributed by atoms with E-state index in [0.29, 0.717) is 4.88 Å². The van der Waals surface area contributed by atoms with Gasteiger partial charge in [0.15, 0.2) is 0 Å². The van der Waals surface area contributed by atoms with Gasteiger partial charge in [-0.05, 0) is 25.0 Å². The van der Waals surface area contributed by atoms with Crippen molar-refractivity contribution in [3.63, 3.8) is 0 Å². The molecule has 0 aliphatic heterocycles. The van der Waals surface area contributed by atoms with Crippen LogP contribution in [0.4, 0.5) is 0 Å². The van der Waals surface area contributed by atoms with Crippen LogP contribution in [0.3, 0.4) is 0 Å². The highest BCUT2D eigenvalue weighted by atomic mass is 32.1. The van der Waals surface area contributed by atoms with Gasteiger partial charge in [0, 0.05) is 16.1 Å². The molecule has 2 aromatic rings. The van der Waals surface area contributed by atoms with Crippen molar-refractivity contribution in [2.24, 2.45) is 0 Å². The smallest absolute Gasteiger partial charge is 0.345 e. The van der Waals surface area contributed by atoms with Crippen LogP contribution in [0.15, 0.2) is 12.3 Å². The number of carboxylic acids is 1. The zero-order chi connectivity index (χ0) is 11.7. The van der Waals surface area contributed by atoms with E-state index in [4.69, 9.17) is 5.11 Å². The number of nitrogens with one attached hydrogen (secondary N) is 1. The summed E-state index contributed by atoms with van der Waals surface area (Å²) in [5.41, 5.74) is 3.01. The van der Waals surface area contributed by atoms with Crippen LogP contribution >= 0.6 is 11.3 Å². The predicted octanol–water partition coefficient (Wildman–Crippen LogP) is 2.71. The van der Waals surface area contributed by atoms with Gasteiger partial charge in [0.2, 0.25) is 0 Å². The number of carbonyl (C=O) groups is 1. The summed E-state index contributed by atoms with van der Waals surface area (Å²) in [5.74, 6) is -0.874. The van der Waals surface area contributed by atoms with Crippen LogP contribution in [0, 0.1) is 6.92 Å². The van der Waals surface area contributed by atoms with Crippen LogP contribution in [0.25, 0.3) is 11.1 Å². The second-order valence-corrected chi connectivity index (χ2v) is 4.76. The number of nitrogens with zero attached hydrogens (tertiary/aromatic N) is 1. The molecule has 0 radical (unpaired) electrons. The maximum Gasteiger partial charge on any atom is 0.345 e. The molecule has 16 heavy (non-hydrogen) atoms. The third kappa shape index (κ3) is 1.74. The van der Waals surface area contributed by atoms with Gasteiger partial charge in [-0.2, -0.15) is 5.10 Å². The van der Waals surface area contributed by atoms with E-state index in [0.717, 1.165) is 28.1 Å². The Morgan fingerprint density at radius 2 is 2.31 bits per heavy atom. The number of aromatic nitrogens is 2. The Morgan fingerprint density at radius 1 is 1.56 bits per heavy atom. The van der Waals surface area contributed by atoms with Gasteiger partial charge in [-0.25, -0.2) is 4.79 Å². The first kappa shape index (κ1) is 10.9. The second-order valence-electron chi connectivity index (χ2n) is 3.50. The fraction of sp³-hybridized carbons (Fsp3) is 0.273. The molecule has 84 valence electrons. The fourth-order valence-electron chi connectivity index (χ4n) is 1.67. The van der Waals surface area contributed by atoms with Crippen molar-refractivity contribution in [3.8, 4) is 11.1 Å². The lowest BCUT2D eigenvalue weighted by molar-refractivity contribution is 0.0702. The standard InChI is InChI=1S/C11H12N2O2S/c1-3-9-8(5-12-13-9)7-4-10(11(14)15)16-6(7)2/h4-5H,3H2,1-2H3,(H,12,13)(H,14,15). The summed E-state index contributed by atoms with van der Waals surface area (Å²) in [7, 11) is 0. The number of thiophene rings is 1. The van der Waals surface area contributed by atoms with E-state index < -0.39 is 5.97 Å². The second kappa shape index (κ2) is 4.09. The maximum absolute atomic E-state index is 10.9. The Labute approximate surface area is 96.9 Å². The van der Waals surface area contributed by atoms with E-state index in [1.165, 1.54) is 11.3 Å². The summed E-state index contributed by atoms with van der Waals surface area (Å²) in [6.07, 6.45) is 2.60. The molecule has 0 aliphatic rings. The largest absolute Gasteiger partial charge is 0.477 e. The average Bonchev–Trinajstić information content (AvgIpc) is 2.82. The van der Waals surface area contributed by atoms with Gasteiger partial charge in [-0.3, -0.25) is 5.10 Å². The normalized spacial score (nSPS) is 10.6. The van der Waals surface area contributed by atoms with Crippen molar-refractivity contribution >= 4 is 17.3 Å². The van der Waals surface area contributed by atoms with Crippen molar-refractivity contribution in [2.75, 3.05) is 0 Å². The Morgan fingerprint density at radius 3 is 2.88 bits per heavy atom. The minimum atomic E-state index is -0.874. The van der Waals surface area contributed by atoms with Crippen molar-refractivity contribution in [3.05, 3.63) is 27.7 Å².